The van der Waals surface area contributed by atoms with Gasteiger partial charge in [0.25, 0.3) is 0 Å². The Kier molecular flexibility index (Phi) is 5.02. The molecule has 0 spiro atoms. The predicted molar refractivity (Wildman–Crippen MR) is 76.0 cm³/mol. The fraction of sp³-hybridized carbons (Fsp3) is 0.733. The van der Waals surface area contributed by atoms with Crippen molar-refractivity contribution < 1.29 is 9.15 Å². The molecule has 1 saturated heterocycles. The fourth-order valence-corrected chi connectivity index (χ4v) is 2.61. The highest BCUT2D eigenvalue weighted by atomic mass is 16.5. The van der Waals surface area contributed by atoms with Gasteiger partial charge in [0.1, 0.15) is 5.76 Å². The van der Waals surface area contributed by atoms with Crippen molar-refractivity contribution in [3.8, 4) is 0 Å². The smallest absolute Gasteiger partial charge is 0.122 e. The van der Waals surface area contributed by atoms with Crippen LogP contribution in [0.2, 0.25) is 0 Å². The standard InChI is InChI=1S/C15H26N2O2/c1-11(2)16-7-15-14(5-6-18-15)10-17-8-12(3)19-13(4)9-17/h5-6,11-13,16H,7-10H2,1-4H3. The number of hydrogen-bond acceptors (Lipinski definition) is 4. The van der Waals surface area contributed by atoms with Gasteiger partial charge in [-0.3, -0.25) is 4.90 Å². The van der Waals surface area contributed by atoms with E-state index in [-0.39, 0.29) is 0 Å². The number of ether oxygens (including phenoxy) is 1. The zero-order valence-corrected chi connectivity index (χ0v) is 12.5. The van der Waals surface area contributed by atoms with Crippen LogP contribution in [0.4, 0.5) is 0 Å². The third kappa shape index (κ3) is 4.34. The largest absolute Gasteiger partial charge is 0.468 e. The Morgan fingerprint density at radius 2 is 2.00 bits per heavy atom. The van der Waals surface area contributed by atoms with Gasteiger partial charge in [0.15, 0.2) is 0 Å². The van der Waals surface area contributed by atoms with Crippen molar-refractivity contribution in [1.82, 2.24) is 10.2 Å². The lowest BCUT2D eigenvalue weighted by molar-refractivity contribution is -0.0706. The van der Waals surface area contributed by atoms with Crippen LogP contribution in [0.1, 0.15) is 39.0 Å². The lowest BCUT2D eigenvalue weighted by Gasteiger charge is -2.35. The molecular weight excluding hydrogens is 240 g/mol. The molecule has 0 bridgehead atoms. The van der Waals surface area contributed by atoms with E-state index < -0.39 is 0 Å². The number of hydrogen-bond donors (Lipinski definition) is 1. The first-order valence-corrected chi connectivity index (χ1v) is 7.21. The summed E-state index contributed by atoms with van der Waals surface area (Å²) in [6.07, 6.45) is 2.42. The molecule has 2 heterocycles. The van der Waals surface area contributed by atoms with Crippen molar-refractivity contribution in [2.24, 2.45) is 0 Å². The first kappa shape index (κ1) is 14.6. The lowest BCUT2D eigenvalue weighted by Crippen LogP contribution is -2.44. The van der Waals surface area contributed by atoms with E-state index in [0.717, 1.165) is 31.9 Å². The van der Waals surface area contributed by atoms with Gasteiger partial charge in [0, 0.05) is 31.2 Å². The second-order valence-electron chi connectivity index (χ2n) is 5.86. The van der Waals surface area contributed by atoms with Crippen LogP contribution in [-0.4, -0.2) is 36.2 Å². The molecule has 2 unspecified atom stereocenters. The molecule has 0 aliphatic carbocycles. The Hall–Kier alpha value is -0.840. The van der Waals surface area contributed by atoms with Gasteiger partial charge in [-0.25, -0.2) is 0 Å². The number of furan rings is 1. The van der Waals surface area contributed by atoms with Gasteiger partial charge in [-0.05, 0) is 19.9 Å². The number of rotatable bonds is 5. The maximum absolute atomic E-state index is 5.77. The SMILES string of the molecule is CC(C)NCc1occc1CN1CC(C)OC(C)C1. The van der Waals surface area contributed by atoms with Crippen molar-refractivity contribution in [1.29, 1.82) is 0 Å². The third-order valence-electron chi connectivity index (χ3n) is 3.40. The summed E-state index contributed by atoms with van der Waals surface area (Å²) in [6, 6.07) is 2.56. The highest BCUT2D eigenvalue weighted by molar-refractivity contribution is 5.17. The van der Waals surface area contributed by atoms with Crippen LogP contribution in [0.5, 0.6) is 0 Å². The van der Waals surface area contributed by atoms with Crippen LogP contribution < -0.4 is 5.32 Å². The summed E-state index contributed by atoms with van der Waals surface area (Å²) in [4.78, 5) is 2.45. The molecule has 0 radical (unpaired) electrons. The highest BCUT2D eigenvalue weighted by Gasteiger charge is 2.23. The van der Waals surface area contributed by atoms with Crippen LogP contribution in [0.25, 0.3) is 0 Å². The van der Waals surface area contributed by atoms with Gasteiger partial charge in [0.05, 0.1) is 25.0 Å². The molecule has 108 valence electrons. The molecule has 0 saturated carbocycles. The van der Waals surface area contributed by atoms with Crippen molar-refractivity contribution in [3.63, 3.8) is 0 Å². The second-order valence-corrected chi connectivity index (χ2v) is 5.86. The lowest BCUT2D eigenvalue weighted by atomic mass is 10.1. The van der Waals surface area contributed by atoms with Crippen molar-refractivity contribution in [3.05, 3.63) is 23.7 Å². The summed E-state index contributed by atoms with van der Waals surface area (Å²) in [5, 5.41) is 3.41. The summed E-state index contributed by atoms with van der Waals surface area (Å²) in [5.74, 6) is 1.06. The molecule has 19 heavy (non-hydrogen) atoms. The van der Waals surface area contributed by atoms with Gasteiger partial charge in [-0.15, -0.1) is 0 Å². The summed E-state index contributed by atoms with van der Waals surface area (Å²) in [5.41, 5.74) is 1.29. The normalized spacial score (nSPS) is 25.1. The Balaban J connectivity index is 1.93. The maximum atomic E-state index is 5.77. The third-order valence-corrected chi connectivity index (χ3v) is 3.40. The molecule has 0 amide bonds. The molecule has 1 aromatic rings. The maximum Gasteiger partial charge on any atom is 0.122 e. The molecule has 4 heteroatoms. The Morgan fingerprint density at radius 1 is 1.32 bits per heavy atom. The molecule has 0 aromatic carbocycles. The molecule has 1 aromatic heterocycles. The number of morpholine rings is 1. The van der Waals surface area contributed by atoms with Gasteiger partial charge in [0.2, 0.25) is 0 Å². The van der Waals surface area contributed by atoms with Crippen LogP contribution >= 0.6 is 0 Å². The first-order chi connectivity index (χ1) is 9.04. The molecule has 1 fully saturated rings. The van der Waals surface area contributed by atoms with Crippen LogP contribution in [-0.2, 0) is 17.8 Å². The van der Waals surface area contributed by atoms with Gasteiger partial charge >= 0.3 is 0 Å². The Morgan fingerprint density at radius 3 is 2.63 bits per heavy atom. The Bertz CT molecular complexity index is 379. The molecule has 1 aliphatic heterocycles. The van der Waals surface area contributed by atoms with Gasteiger partial charge in [-0.1, -0.05) is 13.8 Å². The second kappa shape index (κ2) is 6.55. The zero-order valence-electron chi connectivity index (χ0n) is 12.5. The highest BCUT2D eigenvalue weighted by Crippen LogP contribution is 2.17. The molecule has 1 aliphatic rings. The minimum Gasteiger partial charge on any atom is -0.468 e. The summed E-state index contributed by atoms with van der Waals surface area (Å²) >= 11 is 0. The monoisotopic (exact) mass is 266 g/mol. The summed E-state index contributed by atoms with van der Waals surface area (Å²) < 4.78 is 11.4. The van der Waals surface area contributed by atoms with E-state index in [1.165, 1.54) is 5.56 Å². The molecule has 2 rings (SSSR count). The van der Waals surface area contributed by atoms with Crippen LogP contribution in [0, 0.1) is 0 Å². The van der Waals surface area contributed by atoms with E-state index in [1.54, 1.807) is 6.26 Å². The Labute approximate surface area is 116 Å². The van der Waals surface area contributed by atoms with Crippen molar-refractivity contribution in [2.45, 2.75) is 59.0 Å². The number of nitrogens with one attached hydrogen (secondary N) is 1. The van der Waals surface area contributed by atoms with E-state index in [1.807, 2.05) is 0 Å². The fourth-order valence-electron chi connectivity index (χ4n) is 2.61. The molecule has 2 atom stereocenters. The molecule has 4 nitrogen and oxygen atoms in total. The van der Waals surface area contributed by atoms with E-state index in [9.17, 15) is 0 Å². The topological polar surface area (TPSA) is 37.6 Å². The quantitative estimate of drug-likeness (QED) is 0.888. The first-order valence-electron chi connectivity index (χ1n) is 7.21. The van der Waals surface area contributed by atoms with Crippen LogP contribution in [0.3, 0.4) is 0 Å². The van der Waals surface area contributed by atoms with Crippen LogP contribution in [0.15, 0.2) is 16.7 Å². The minimum absolute atomic E-state index is 0.313. The van der Waals surface area contributed by atoms with Crippen molar-refractivity contribution in [2.75, 3.05) is 13.1 Å². The summed E-state index contributed by atoms with van der Waals surface area (Å²) in [7, 11) is 0. The molecular formula is C15H26N2O2. The van der Waals surface area contributed by atoms with Crippen molar-refractivity contribution >= 4 is 0 Å². The van der Waals surface area contributed by atoms with Gasteiger partial charge in [-0.2, -0.15) is 0 Å². The van der Waals surface area contributed by atoms with Gasteiger partial charge < -0.3 is 14.5 Å². The number of nitrogens with zero attached hydrogens (tertiary/aromatic N) is 1. The predicted octanol–water partition coefficient (Wildman–Crippen LogP) is 2.39. The minimum atomic E-state index is 0.313. The zero-order chi connectivity index (χ0) is 13.8. The van der Waals surface area contributed by atoms with E-state index >= 15 is 0 Å². The summed E-state index contributed by atoms with van der Waals surface area (Å²) in [6.45, 7) is 12.3. The average Bonchev–Trinajstić information content (AvgIpc) is 2.72. The average molecular weight is 266 g/mol. The molecule has 1 N–H and O–H groups in total. The van der Waals surface area contributed by atoms with E-state index in [2.05, 4.69) is 44.0 Å². The van der Waals surface area contributed by atoms with E-state index in [0.29, 0.717) is 18.2 Å². The van der Waals surface area contributed by atoms with E-state index in [4.69, 9.17) is 9.15 Å².